The Bertz CT molecular complexity index is 902. The molecule has 0 heterocycles. The molecule has 2 saturated carbocycles. The molecule has 2 aromatic rings. The fourth-order valence-corrected chi connectivity index (χ4v) is 5.21. The molecule has 2 fully saturated rings. The molecular formula is C30H40F2N2. The molecule has 0 atom stereocenters. The van der Waals surface area contributed by atoms with Crippen molar-refractivity contribution >= 4 is 0 Å². The van der Waals surface area contributed by atoms with Crippen LogP contribution in [0.1, 0.15) is 88.0 Å². The maximum atomic E-state index is 15.5. The Morgan fingerprint density at radius 3 is 1.82 bits per heavy atom. The Kier molecular flexibility index (Phi) is 9.25. The van der Waals surface area contributed by atoms with E-state index < -0.39 is 11.3 Å². The minimum Gasteiger partial charge on any atom is -0.301 e. The smallest absolute Gasteiger partial charge is 0.136 e. The fourth-order valence-electron chi connectivity index (χ4n) is 5.21. The van der Waals surface area contributed by atoms with Crippen molar-refractivity contribution in [2.45, 2.75) is 95.9 Å². The number of hydrogen-bond donors (Lipinski definition) is 0. The van der Waals surface area contributed by atoms with Crippen LogP contribution in [0, 0.1) is 11.3 Å². The quantitative estimate of drug-likeness (QED) is 0.357. The SMILES string of the molecule is CC#N.CC(C)N(CCCc1c(C2(F)CCC2)cccc1C1(F)CCC1)CCc1ccccc1. The Balaban J connectivity index is 0.00000103. The second-order valence-corrected chi connectivity index (χ2v) is 10.2. The van der Waals surface area contributed by atoms with E-state index in [4.69, 9.17) is 5.26 Å². The summed E-state index contributed by atoms with van der Waals surface area (Å²) < 4.78 is 31.0. The molecular weight excluding hydrogens is 426 g/mol. The van der Waals surface area contributed by atoms with Crippen LogP contribution >= 0.6 is 0 Å². The van der Waals surface area contributed by atoms with Gasteiger partial charge in [-0.05, 0) is 100 Å². The van der Waals surface area contributed by atoms with E-state index in [2.05, 4.69) is 49.1 Å². The van der Waals surface area contributed by atoms with Crippen LogP contribution < -0.4 is 0 Å². The van der Waals surface area contributed by atoms with Gasteiger partial charge in [0, 0.05) is 19.5 Å². The molecule has 2 aliphatic rings. The summed E-state index contributed by atoms with van der Waals surface area (Å²) in [7, 11) is 0. The number of halogens is 2. The lowest BCUT2D eigenvalue weighted by atomic mass is 9.69. The summed E-state index contributed by atoms with van der Waals surface area (Å²) in [6.45, 7) is 7.87. The summed E-state index contributed by atoms with van der Waals surface area (Å²) in [5.41, 5.74) is 1.40. The second-order valence-electron chi connectivity index (χ2n) is 10.2. The zero-order valence-electron chi connectivity index (χ0n) is 21.1. The van der Waals surface area contributed by atoms with E-state index >= 15 is 8.78 Å². The molecule has 34 heavy (non-hydrogen) atoms. The minimum absolute atomic E-state index is 0.455. The first-order valence-electron chi connectivity index (χ1n) is 12.9. The molecule has 0 unspecified atom stereocenters. The van der Waals surface area contributed by atoms with Crippen LogP contribution in [-0.4, -0.2) is 24.0 Å². The van der Waals surface area contributed by atoms with Crippen LogP contribution in [0.2, 0.25) is 0 Å². The van der Waals surface area contributed by atoms with E-state index in [1.54, 1.807) is 6.07 Å². The fraction of sp³-hybridized carbons (Fsp3) is 0.567. The van der Waals surface area contributed by atoms with Gasteiger partial charge in [0.05, 0.1) is 6.07 Å². The number of nitrogens with zero attached hydrogens (tertiary/aromatic N) is 2. The molecule has 0 saturated heterocycles. The molecule has 2 aliphatic carbocycles. The molecule has 2 aromatic carbocycles. The molecule has 0 amide bonds. The van der Waals surface area contributed by atoms with Crippen LogP contribution in [0.3, 0.4) is 0 Å². The standard InChI is InChI=1S/C28H37F2N.C2H3N/c1-22(2)31(21-15-23-10-4-3-5-11-23)20-7-12-24-25(27(29)16-8-17-27)13-6-14-26(24)28(30)18-9-19-28;1-2-3/h3-6,10-11,13-14,22H,7-9,12,15-21H2,1-2H3;1H3. The number of nitriles is 1. The van der Waals surface area contributed by atoms with E-state index in [0.717, 1.165) is 61.9 Å². The summed E-state index contributed by atoms with van der Waals surface area (Å²) in [5.74, 6) is 0. The molecule has 0 aliphatic heterocycles. The number of alkyl halides is 2. The highest BCUT2D eigenvalue weighted by Crippen LogP contribution is 2.51. The normalized spacial score (nSPS) is 17.8. The zero-order valence-corrected chi connectivity index (χ0v) is 21.1. The second kappa shape index (κ2) is 11.9. The van der Waals surface area contributed by atoms with Crippen molar-refractivity contribution in [1.82, 2.24) is 4.90 Å². The number of benzene rings is 2. The van der Waals surface area contributed by atoms with Gasteiger partial charge in [-0.3, -0.25) is 0 Å². The first-order valence-corrected chi connectivity index (χ1v) is 12.9. The van der Waals surface area contributed by atoms with Gasteiger partial charge in [-0.1, -0.05) is 48.5 Å². The van der Waals surface area contributed by atoms with E-state index in [0.29, 0.717) is 31.7 Å². The molecule has 0 radical (unpaired) electrons. The third-order valence-corrected chi connectivity index (χ3v) is 7.57. The lowest BCUT2D eigenvalue weighted by molar-refractivity contribution is 0.0513. The largest absolute Gasteiger partial charge is 0.301 e. The minimum atomic E-state index is -1.24. The van der Waals surface area contributed by atoms with Crippen LogP contribution in [-0.2, 0) is 24.2 Å². The van der Waals surface area contributed by atoms with Gasteiger partial charge in [-0.25, -0.2) is 8.78 Å². The first-order chi connectivity index (χ1) is 16.3. The Hall–Kier alpha value is -2.25. The summed E-state index contributed by atoms with van der Waals surface area (Å²) in [6, 6.07) is 18.5. The average molecular weight is 467 g/mol. The van der Waals surface area contributed by atoms with Crippen LogP contribution in [0.15, 0.2) is 48.5 Å². The van der Waals surface area contributed by atoms with Gasteiger partial charge in [-0.15, -0.1) is 0 Å². The maximum absolute atomic E-state index is 15.5. The predicted molar refractivity (Wildman–Crippen MR) is 136 cm³/mol. The molecule has 0 spiro atoms. The zero-order chi connectivity index (χ0) is 24.6. The monoisotopic (exact) mass is 466 g/mol. The van der Waals surface area contributed by atoms with Crippen molar-refractivity contribution in [2.75, 3.05) is 13.1 Å². The van der Waals surface area contributed by atoms with Gasteiger partial charge < -0.3 is 4.90 Å². The maximum Gasteiger partial charge on any atom is 0.136 e. The van der Waals surface area contributed by atoms with Gasteiger partial charge in [0.1, 0.15) is 11.3 Å². The molecule has 0 aromatic heterocycles. The first kappa shape index (κ1) is 26.4. The highest BCUT2D eigenvalue weighted by molar-refractivity contribution is 5.44. The van der Waals surface area contributed by atoms with E-state index in [1.807, 2.05) is 18.2 Å². The van der Waals surface area contributed by atoms with E-state index in [1.165, 1.54) is 12.5 Å². The molecule has 0 N–H and O–H groups in total. The molecule has 4 rings (SSSR count). The van der Waals surface area contributed by atoms with Gasteiger partial charge in [0.2, 0.25) is 0 Å². The van der Waals surface area contributed by atoms with Gasteiger partial charge in [-0.2, -0.15) is 5.26 Å². The van der Waals surface area contributed by atoms with E-state index in [-0.39, 0.29) is 0 Å². The van der Waals surface area contributed by atoms with Crippen molar-refractivity contribution in [3.05, 3.63) is 70.8 Å². The highest BCUT2D eigenvalue weighted by atomic mass is 19.1. The lowest BCUT2D eigenvalue weighted by Crippen LogP contribution is -2.36. The summed E-state index contributed by atoms with van der Waals surface area (Å²) in [6.07, 6.45) is 6.91. The van der Waals surface area contributed by atoms with Crippen LogP contribution in [0.5, 0.6) is 0 Å². The summed E-state index contributed by atoms with van der Waals surface area (Å²) in [4.78, 5) is 2.50. The van der Waals surface area contributed by atoms with Crippen molar-refractivity contribution < 1.29 is 8.78 Å². The number of rotatable bonds is 10. The molecule has 4 heteroatoms. The van der Waals surface area contributed by atoms with Crippen molar-refractivity contribution in [3.63, 3.8) is 0 Å². The Morgan fingerprint density at radius 2 is 1.38 bits per heavy atom. The summed E-state index contributed by atoms with van der Waals surface area (Å²) >= 11 is 0. The van der Waals surface area contributed by atoms with Gasteiger partial charge >= 0.3 is 0 Å². The Labute approximate surface area is 205 Å². The topological polar surface area (TPSA) is 27.0 Å². The third kappa shape index (κ3) is 6.25. The molecule has 184 valence electrons. The lowest BCUT2D eigenvalue weighted by Gasteiger charge is -2.40. The average Bonchev–Trinajstić information content (AvgIpc) is 2.79. The highest BCUT2D eigenvalue weighted by Gasteiger charge is 2.45. The van der Waals surface area contributed by atoms with E-state index in [9.17, 15) is 0 Å². The predicted octanol–water partition coefficient (Wildman–Crippen LogP) is 7.80. The van der Waals surface area contributed by atoms with Gasteiger partial charge in [0.25, 0.3) is 0 Å². The van der Waals surface area contributed by atoms with Crippen molar-refractivity contribution in [2.24, 2.45) is 0 Å². The van der Waals surface area contributed by atoms with Crippen molar-refractivity contribution in [3.8, 4) is 6.07 Å². The summed E-state index contributed by atoms with van der Waals surface area (Å²) in [5, 5.41) is 7.32. The van der Waals surface area contributed by atoms with Crippen molar-refractivity contribution in [1.29, 1.82) is 5.26 Å². The van der Waals surface area contributed by atoms with Crippen LogP contribution in [0.25, 0.3) is 0 Å². The Morgan fingerprint density at radius 1 is 0.853 bits per heavy atom. The third-order valence-electron chi connectivity index (χ3n) is 7.57. The van der Waals surface area contributed by atoms with Crippen LogP contribution in [0.4, 0.5) is 8.78 Å². The molecule has 2 nitrogen and oxygen atoms in total. The number of hydrogen-bond acceptors (Lipinski definition) is 2. The molecule has 0 bridgehead atoms. The van der Waals surface area contributed by atoms with Gasteiger partial charge in [0.15, 0.2) is 0 Å².